The Morgan fingerprint density at radius 2 is 2.53 bits per heavy atom. The Labute approximate surface area is 106 Å². The highest BCUT2D eigenvalue weighted by molar-refractivity contribution is 7.09. The van der Waals surface area contributed by atoms with Crippen LogP contribution in [0.2, 0.25) is 0 Å². The maximum Gasteiger partial charge on any atom is 0.217 e. The first-order valence-corrected chi connectivity index (χ1v) is 6.92. The van der Waals surface area contributed by atoms with Crippen molar-refractivity contribution in [2.75, 3.05) is 13.1 Å². The van der Waals surface area contributed by atoms with Crippen molar-refractivity contribution in [3.05, 3.63) is 16.1 Å². The van der Waals surface area contributed by atoms with Gasteiger partial charge in [-0.15, -0.1) is 11.3 Å². The first-order chi connectivity index (χ1) is 8.13. The van der Waals surface area contributed by atoms with Gasteiger partial charge in [-0.05, 0) is 26.3 Å². The minimum Gasteiger partial charge on any atom is -0.352 e. The number of carbonyl (C=O) groups is 1. The standard InChI is InChI=1S/C12H19N3OS/c1-9(16)13-11-4-3-5-15(6-11)7-12-8-17-10(2)14-12/h8,11H,3-7H2,1-2H3,(H,13,16). The van der Waals surface area contributed by atoms with Crippen LogP contribution in [0.4, 0.5) is 0 Å². The van der Waals surface area contributed by atoms with Crippen LogP contribution in [-0.2, 0) is 11.3 Å². The molecule has 1 N–H and O–H groups in total. The third-order valence-electron chi connectivity index (χ3n) is 2.97. The number of aromatic nitrogens is 1. The van der Waals surface area contributed by atoms with Gasteiger partial charge in [0, 0.05) is 31.4 Å². The van der Waals surface area contributed by atoms with Crippen LogP contribution in [0.3, 0.4) is 0 Å². The summed E-state index contributed by atoms with van der Waals surface area (Å²) in [5.74, 6) is 0.0707. The Balaban J connectivity index is 1.87. The molecule has 1 aromatic rings. The summed E-state index contributed by atoms with van der Waals surface area (Å²) in [6.07, 6.45) is 2.24. The summed E-state index contributed by atoms with van der Waals surface area (Å²) in [5.41, 5.74) is 1.15. The van der Waals surface area contributed by atoms with Crippen molar-refractivity contribution in [3.8, 4) is 0 Å². The van der Waals surface area contributed by atoms with Gasteiger partial charge in [0.15, 0.2) is 0 Å². The highest BCUT2D eigenvalue weighted by Crippen LogP contribution is 2.15. The molecule has 1 aromatic heterocycles. The molecule has 0 bridgehead atoms. The summed E-state index contributed by atoms with van der Waals surface area (Å²) in [6.45, 7) is 6.57. The average Bonchev–Trinajstić information content (AvgIpc) is 2.63. The van der Waals surface area contributed by atoms with Gasteiger partial charge < -0.3 is 5.32 Å². The van der Waals surface area contributed by atoms with Gasteiger partial charge in [0.1, 0.15) is 0 Å². The van der Waals surface area contributed by atoms with Gasteiger partial charge in [-0.25, -0.2) is 4.98 Å². The molecule has 1 aliphatic heterocycles. The number of carbonyl (C=O) groups excluding carboxylic acids is 1. The molecule has 2 rings (SSSR count). The second-order valence-corrected chi connectivity index (χ2v) is 5.69. The third kappa shape index (κ3) is 3.78. The van der Waals surface area contributed by atoms with Gasteiger partial charge in [-0.2, -0.15) is 0 Å². The summed E-state index contributed by atoms with van der Waals surface area (Å²) in [5, 5.41) is 6.25. The molecule has 94 valence electrons. The fourth-order valence-electron chi connectivity index (χ4n) is 2.31. The predicted octanol–water partition coefficient (Wildman–Crippen LogP) is 1.55. The zero-order valence-corrected chi connectivity index (χ0v) is 11.2. The minimum atomic E-state index is 0.0707. The van der Waals surface area contributed by atoms with Crippen molar-refractivity contribution in [2.45, 2.75) is 39.3 Å². The van der Waals surface area contributed by atoms with Crippen molar-refractivity contribution < 1.29 is 4.79 Å². The van der Waals surface area contributed by atoms with Crippen LogP contribution < -0.4 is 5.32 Å². The van der Waals surface area contributed by atoms with Crippen LogP contribution in [0.1, 0.15) is 30.5 Å². The number of amides is 1. The fourth-order valence-corrected chi connectivity index (χ4v) is 2.92. The van der Waals surface area contributed by atoms with Crippen molar-refractivity contribution in [3.63, 3.8) is 0 Å². The SMILES string of the molecule is CC(=O)NC1CCCN(Cc2csc(C)n2)C1. The molecule has 1 amide bonds. The molecule has 0 aromatic carbocycles. The van der Waals surface area contributed by atoms with Crippen molar-refractivity contribution in [1.29, 1.82) is 0 Å². The lowest BCUT2D eigenvalue weighted by Crippen LogP contribution is -2.46. The smallest absolute Gasteiger partial charge is 0.217 e. The maximum atomic E-state index is 11.0. The van der Waals surface area contributed by atoms with E-state index in [1.165, 1.54) is 0 Å². The number of hydrogen-bond donors (Lipinski definition) is 1. The second kappa shape index (κ2) is 5.60. The summed E-state index contributed by atoms with van der Waals surface area (Å²) in [7, 11) is 0. The number of nitrogens with zero attached hydrogens (tertiary/aromatic N) is 2. The predicted molar refractivity (Wildman–Crippen MR) is 69.0 cm³/mol. The summed E-state index contributed by atoms with van der Waals surface area (Å²) in [6, 6.07) is 0.306. The van der Waals surface area contributed by atoms with Gasteiger partial charge >= 0.3 is 0 Å². The van der Waals surface area contributed by atoms with Crippen LogP contribution in [0, 0.1) is 6.92 Å². The minimum absolute atomic E-state index is 0.0707. The number of hydrogen-bond acceptors (Lipinski definition) is 4. The Morgan fingerprint density at radius 1 is 1.71 bits per heavy atom. The highest BCUT2D eigenvalue weighted by atomic mass is 32.1. The molecular formula is C12H19N3OS. The van der Waals surface area contributed by atoms with Crippen LogP contribution in [0.5, 0.6) is 0 Å². The van der Waals surface area contributed by atoms with E-state index < -0.39 is 0 Å². The fraction of sp³-hybridized carbons (Fsp3) is 0.667. The largest absolute Gasteiger partial charge is 0.352 e. The number of thiazole rings is 1. The van der Waals surface area contributed by atoms with E-state index in [1.807, 2.05) is 6.92 Å². The molecule has 0 aliphatic carbocycles. The molecular weight excluding hydrogens is 234 g/mol. The van der Waals surface area contributed by atoms with Gasteiger partial charge in [0.05, 0.1) is 10.7 Å². The lowest BCUT2D eigenvalue weighted by Gasteiger charge is -2.32. The zero-order valence-electron chi connectivity index (χ0n) is 10.4. The Bertz CT molecular complexity index is 391. The second-order valence-electron chi connectivity index (χ2n) is 4.63. The van der Waals surface area contributed by atoms with Crippen molar-refractivity contribution >= 4 is 17.2 Å². The third-order valence-corrected chi connectivity index (χ3v) is 3.79. The van der Waals surface area contributed by atoms with Crippen molar-refractivity contribution in [2.24, 2.45) is 0 Å². The molecule has 1 saturated heterocycles. The number of nitrogens with one attached hydrogen (secondary N) is 1. The van der Waals surface area contributed by atoms with Gasteiger partial charge in [-0.1, -0.05) is 0 Å². The molecule has 4 nitrogen and oxygen atoms in total. The van der Waals surface area contributed by atoms with E-state index in [0.29, 0.717) is 6.04 Å². The molecule has 0 saturated carbocycles. The topological polar surface area (TPSA) is 45.2 Å². The molecule has 2 heterocycles. The Morgan fingerprint density at radius 3 is 3.18 bits per heavy atom. The van der Waals surface area contributed by atoms with Crippen LogP contribution in [0.15, 0.2) is 5.38 Å². The quantitative estimate of drug-likeness (QED) is 0.889. The van der Waals surface area contributed by atoms with E-state index in [2.05, 4.69) is 20.6 Å². The van der Waals surface area contributed by atoms with E-state index in [9.17, 15) is 4.79 Å². The molecule has 1 unspecified atom stereocenters. The van der Waals surface area contributed by atoms with E-state index in [0.717, 1.165) is 43.2 Å². The Hall–Kier alpha value is -0.940. The monoisotopic (exact) mass is 253 g/mol. The lowest BCUT2D eigenvalue weighted by molar-refractivity contribution is -0.120. The normalized spacial score (nSPS) is 21.4. The first kappa shape index (κ1) is 12.5. The van der Waals surface area contributed by atoms with Crippen LogP contribution in [-0.4, -0.2) is 34.9 Å². The summed E-state index contributed by atoms with van der Waals surface area (Å²) < 4.78 is 0. The van der Waals surface area contributed by atoms with Crippen LogP contribution >= 0.6 is 11.3 Å². The molecule has 0 radical (unpaired) electrons. The number of rotatable bonds is 3. The first-order valence-electron chi connectivity index (χ1n) is 6.04. The molecule has 0 spiro atoms. The van der Waals surface area contributed by atoms with E-state index >= 15 is 0 Å². The lowest BCUT2D eigenvalue weighted by atomic mass is 10.1. The Kier molecular flexibility index (Phi) is 4.12. The van der Waals surface area contributed by atoms with E-state index in [-0.39, 0.29) is 5.91 Å². The maximum absolute atomic E-state index is 11.0. The van der Waals surface area contributed by atoms with E-state index in [1.54, 1.807) is 18.3 Å². The van der Waals surface area contributed by atoms with Gasteiger partial charge in [0.25, 0.3) is 0 Å². The van der Waals surface area contributed by atoms with E-state index in [4.69, 9.17) is 0 Å². The molecule has 1 fully saturated rings. The molecule has 1 aliphatic rings. The van der Waals surface area contributed by atoms with Crippen LogP contribution in [0.25, 0.3) is 0 Å². The number of piperidine rings is 1. The van der Waals surface area contributed by atoms with Gasteiger partial charge in [-0.3, -0.25) is 9.69 Å². The van der Waals surface area contributed by atoms with Gasteiger partial charge in [0.2, 0.25) is 5.91 Å². The summed E-state index contributed by atoms with van der Waals surface area (Å²) >= 11 is 1.70. The molecule has 5 heteroatoms. The van der Waals surface area contributed by atoms with Crippen molar-refractivity contribution in [1.82, 2.24) is 15.2 Å². The average molecular weight is 253 g/mol. The highest BCUT2D eigenvalue weighted by Gasteiger charge is 2.20. The summed E-state index contributed by atoms with van der Waals surface area (Å²) in [4.78, 5) is 17.9. The molecule has 1 atom stereocenters. The number of aryl methyl sites for hydroxylation is 1. The zero-order chi connectivity index (χ0) is 12.3. The number of likely N-dealkylation sites (tertiary alicyclic amines) is 1. The molecule has 17 heavy (non-hydrogen) atoms.